The summed E-state index contributed by atoms with van der Waals surface area (Å²) in [5, 5.41) is -1.68. The molecule has 0 fully saturated rings. The SMILES string of the molecule is COC(C)(OC)SOSC(C)(OC)OC. The molecule has 0 unspecified atom stereocenters. The predicted octanol–water partition coefficient (Wildman–Crippen LogP) is 2.23. The van der Waals surface area contributed by atoms with E-state index in [1.54, 1.807) is 13.8 Å². The van der Waals surface area contributed by atoms with Gasteiger partial charge in [0.15, 0.2) is 0 Å². The van der Waals surface area contributed by atoms with Crippen molar-refractivity contribution in [2.24, 2.45) is 0 Å². The summed E-state index contributed by atoms with van der Waals surface area (Å²) in [6.07, 6.45) is 0. The molecule has 7 heteroatoms. The van der Waals surface area contributed by atoms with E-state index in [1.807, 2.05) is 0 Å². The zero-order chi connectivity index (χ0) is 11.9. The van der Waals surface area contributed by atoms with Gasteiger partial charge in [-0.05, 0) is 0 Å². The fourth-order valence-electron chi connectivity index (χ4n) is 0.443. The van der Waals surface area contributed by atoms with E-state index in [9.17, 15) is 0 Å². The summed E-state index contributed by atoms with van der Waals surface area (Å²) >= 11 is 2.08. The summed E-state index contributed by atoms with van der Waals surface area (Å²) in [7, 11) is 6.15. The highest BCUT2D eigenvalue weighted by Crippen LogP contribution is 2.37. The lowest BCUT2D eigenvalue weighted by Crippen LogP contribution is -2.27. The minimum atomic E-state index is -0.838. The third kappa shape index (κ3) is 5.39. The van der Waals surface area contributed by atoms with Crippen LogP contribution in [-0.4, -0.2) is 38.7 Å². The first-order valence-electron chi connectivity index (χ1n) is 4.19. The normalized spacial score (nSPS) is 13.2. The van der Waals surface area contributed by atoms with E-state index < -0.39 is 10.2 Å². The molecule has 92 valence electrons. The molecule has 0 spiro atoms. The van der Waals surface area contributed by atoms with Crippen molar-refractivity contribution in [2.45, 2.75) is 24.1 Å². The Balaban J connectivity index is 3.96. The summed E-state index contributed by atoms with van der Waals surface area (Å²) < 4.78 is 25.6. The van der Waals surface area contributed by atoms with Crippen LogP contribution in [0.3, 0.4) is 0 Å². The van der Waals surface area contributed by atoms with E-state index in [0.717, 1.165) is 24.1 Å². The first-order valence-corrected chi connectivity index (χ1v) is 5.67. The molecule has 15 heavy (non-hydrogen) atoms. The molecule has 0 heterocycles. The van der Waals surface area contributed by atoms with Crippen LogP contribution in [0.15, 0.2) is 0 Å². The van der Waals surface area contributed by atoms with Gasteiger partial charge in [-0.3, -0.25) is 0 Å². The van der Waals surface area contributed by atoms with Crippen LogP contribution >= 0.6 is 24.1 Å². The highest BCUT2D eigenvalue weighted by Gasteiger charge is 2.30. The zero-order valence-corrected chi connectivity index (χ0v) is 11.5. The van der Waals surface area contributed by atoms with E-state index in [2.05, 4.69) is 0 Å². The van der Waals surface area contributed by atoms with Gasteiger partial charge in [-0.25, -0.2) is 3.63 Å². The third-order valence-electron chi connectivity index (χ3n) is 1.85. The molecule has 0 radical (unpaired) electrons. The van der Waals surface area contributed by atoms with Gasteiger partial charge in [0.1, 0.15) is 0 Å². The molecule has 0 N–H and O–H groups in total. The first kappa shape index (κ1) is 15.5. The Morgan fingerprint density at radius 2 is 0.933 bits per heavy atom. The lowest BCUT2D eigenvalue weighted by Gasteiger charge is -2.27. The van der Waals surface area contributed by atoms with Gasteiger partial charge < -0.3 is 18.9 Å². The van der Waals surface area contributed by atoms with Crippen LogP contribution in [0, 0.1) is 0 Å². The molecule has 0 bridgehead atoms. The molecule has 0 rings (SSSR count). The first-order chi connectivity index (χ1) is 6.95. The molecule has 0 aliphatic rings. The Kier molecular flexibility index (Phi) is 7.18. The lowest BCUT2D eigenvalue weighted by atomic mass is 10.7. The average molecular weight is 258 g/mol. The highest BCUT2D eigenvalue weighted by atomic mass is 32.2. The predicted molar refractivity (Wildman–Crippen MR) is 61.1 cm³/mol. The van der Waals surface area contributed by atoms with Gasteiger partial charge in [0.25, 0.3) is 0 Å². The lowest BCUT2D eigenvalue weighted by molar-refractivity contribution is -0.126. The van der Waals surface area contributed by atoms with E-state index in [-0.39, 0.29) is 0 Å². The van der Waals surface area contributed by atoms with Gasteiger partial charge in [0, 0.05) is 42.3 Å². The Morgan fingerprint density at radius 1 is 0.667 bits per heavy atom. The molecular formula is C8H18O5S2. The Morgan fingerprint density at radius 3 is 1.13 bits per heavy atom. The molecule has 0 atom stereocenters. The van der Waals surface area contributed by atoms with Crippen molar-refractivity contribution in [1.82, 2.24) is 0 Å². The van der Waals surface area contributed by atoms with Crippen molar-refractivity contribution in [3.05, 3.63) is 0 Å². The molecule has 0 saturated heterocycles. The van der Waals surface area contributed by atoms with Crippen molar-refractivity contribution in [3.8, 4) is 0 Å². The number of ether oxygens (including phenoxy) is 4. The highest BCUT2D eigenvalue weighted by molar-refractivity contribution is 8.08. The Labute approximate surface area is 99.5 Å². The van der Waals surface area contributed by atoms with E-state index in [1.165, 1.54) is 28.4 Å². The van der Waals surface area contributed by atoms with Crippen molar-refractivity contribution in [3.63, 3.8) is 0 Å². The molecular weight excluding hydrogens is 240 g/mol. The van der Waals surface area contributed by atoms with Gasteiger partial charge >= 0.3 is 0 Å². The maximum absolute atomic E-state index is 5.26. The van der Waals surface area contributed by atoms with Crippen LogP contribution in [0.2, 0.25) is 0 Å². The second-order valence-electron chi connectivity index (χ2n) is 2.78. The van der Waals surface area contributed by atoms with E-state index >= 15 is 0 Å². The largest absolute Gasteiger partial charge is 0.343 e. The minimum absolute atomic E-state index is 0.838. The van der Waals surface area contributed by atoms with Crippen molar-refractivity contribution < 1.29 is 22.6 Å². The smallest absolute Gasteiger partial charge is 0.241 e. The average Bonchev–Trinajstić information content (AvgIpc) is 2.28. The van der Waals surface area contributed by atoms with Gasteiger partial charge in [-0.1, -0.05) is 0 Å². The Hall–Kier alpha value is 0.500. The molecule has 5 nitrogen and oxygen atoms in total. The van der Waals surface area contributed by atoms with E-state index in [0.29, 0.717) is 0 Å². The minimum Gasteiger partial charge on any atom is -0.343 e. The molecule has 0 saturated carbocycles. The van der Waals surface area contributed by atoms with Crippen molar-refractivity contribution >= 4 is 24.1 Å². The van der Waals surface area contributed by atoms with Gasteiger partial charge in [-0.2, -0.15) is 0 Å². The maximum Gasteiger partial charge on any atom is 0.241 e. The monoisotopic (exact) mass is 258 g/mol. The van der Waals surface area contributed by atoms with Gasteiger partial charge in [0.2, 0.25) is 10.2 Å². The van der Waals surface area contributed by atoms with Crippen LogP contribution in [-0.2, 0) is 22.6 Å². The van der Waals surface area contributed by atoms with Crippen LogP contribution in [0.1, 0.15) is 13.8 Å². The van der Waals surface area contributed by atoms with E-state index in [4.69, 9.17) is 22.6 Å². The summed E-state index contributed by atoms with van der Waals surface area (Å²) in [5.74, 6) is 0. The van der Waals surface area contributed by atoms with Crippen LogP contribution < -0.4 is 0 Å². The Bertz CT molecular complexity index is 152. The number of methoxy groups -OCH3 is 4. The molecule has 0 amide bonds. The third-order valence-corrected chi connectivity index (χ3v) is 3.67. The summed E-state index contributed by atoms with van der Waals surface area (Å²) in [4.78, 5) is 0. The fraction of sp³-hybridized carbons (Fsp3) is 1.00. The van der Waals surface area contributed by atoms with Crippen LogP contribution in [0.5, 0.6) is 0 Å². The van der Waals surface area contributed by atoms with Gasteiger partial charge in [-0.15, -0.1) is 0 Å². The molecule has 0 aromatic rings. The van der Waals surface area contributed by atoms with Gasteiger partial charge in [0.05, 0.1) is 24.1 Å². The number of hydrogen-bond donors (Lipinski definition) is 0. The summed E-state index contributed by atoms with van der Waals surface area (Å²) in [6, 6.07) is 0. The second kappa shape index (κ2) is 6.95. The molecule has 0 aromatic carbocycles. The maximum atomic E-state index is 5.26. The van der Waals surface area contributed by atoms with Crippen molar-refractivity contribution in [2.75, 3.05) is 28.4 Å². The van der Waals surface area contributed by atoms with Crippen LogP contribution in [0.25, 0.3) is 0 Å². The van der Waals surface area contributed by atoms with Crippen LogP contribution in [0.4, 0.5) is 0 Å². The zero-order valence-electron chi connectivity index (χ0n) is 9.86. The summed E-state index contributed by atoms with van der Waals surface area (Å²) in [6.45, 7) is 3.49. The topological polar surface area (TPSA) is 46.2 Å². The fourth-order valence-corrected chi connectivity index (χ4v) is 1.84. The molecule has 0 aliphatic heterocycles. The number of hydrogen-bond acceptors (Lipinski definition) is 7. The standard InChI is InChI=1S/C8H18O5S2/c1-7(9-3,10-4)14-13-15-8(2,11-5)12-6/h1-6H3. The summed E-state index contributed by atoms with van der Waals surface area (Å²) in [5.41, 5.74) is 0. The quantitative estimate of drug-likeness (QED) is 0.488. The second-order valence-corrected chi connectivity index (χ2v) is 5.14. The number of rotatable bonds is 8. The molecule has 0 aromatic heterocycles. The molecule has 0 aliphatic carbocycles. The van der Waals surface area contributed by atoms with Crippen molar-refractivity contribution in [1.29, 1.82) is 0 Å².